The Labute approximate surface area is 214 Å². The lowest BCUT2D eigenvalue weighted by molar-refractivity contribution is -0.393. The van der Waals surface area contributed by atoms with Gasteiger partial charge < -0.3 is 4.74 Å². The van der Waals surface area contributed by atoms with Gasteiger partial charge in [-0.2, -0.15) is 5.10 Å². The molecule has 0 aliphatic heterocycles. The number of nitrogens with zero attached hydrogens (tertiary/aromatic N) is 3. The molecule has 37 heavy (non-hydrogen) atoms. The lowest BCUT2D eigenvalue weighted by Gasteiger charge is -2.13. The van der Waals surface area contributed by atoms with Crippen molar-refractivity contribution >= 4 is 28.7 Å². The Hall–Kier alpha value is -4.60. The van der Waals surface area contributed by atoms with Crippen molar-refractivity contribution in [2.45, 2.75) is 33.1 Å². The van der Waals surface area contributed by atoms with E-state index in [1.807, 2.05) is 68.4 Å². The summed E-state index contributed by atoms with van der Waals surface area (Å²) in [6, 6.07) is 20.5. The van der Waals surface area contributed by atoms with Crippen molar-refractivity contribution < 1.29 is 19.4 Å². The molecule has 0 fully saturated rings. The molecule has 10 heteroatoms. The predicted octanol–water partition coefficient (Wildman–Crippen LogP) is 6.36. The molecule has 3 rings (SSSR count). The number of nitro benzene ring substituents is 2. The van der Waals surface area contributed by atoms with Crippen LogP contribution in [0.15, 0.2) is 77.9 Å². The van der Waals surface area contributed by atoms with E-state index < -0.39 is 21.2 Å². The Balaban J connectivity index is 1.89. The number of nitrogens with one attached hydrogen (secondary N) is 1. The summed E-state index contributed by atoms with van der Waals surface area (Å²) in [7, 11) is 0. The molecule has 10 nitrogen and oxygen atoms in total. The van der Waals surface area contributed by atoms with Crippen LogP contribution in [0.25, 0.3) is 11.1 Å². The lowest BCUT2D eigenvalue weighted by Crippen LogP contribution is -2.18. The Morgan fingerprint density at radius 1 is 0.919 bits per heavy atom. The maximum atomic E-state index is 12.4. The number of carbonyl (C=O) groups excluding carboxylic acids is 1. The van der Waals surface area contributed by atoms with Gasteiger partial charge in [-0.25, -0.2) is 0 Å². The second kappa shape index (κ2) is 12.9. The molecular weight excluding hydrogens is 476 g/mol. The molecule has 0 amide bonds. The first kappa shape index (κ1) is 27.0. The van der Waals surface area contributed by atoms with Gasteiger partial charge in [-0.05, 0) is 23.1 Å². The minimum atomic E-state index is -0.727. The summed E-state index contributed by atoms with van der Waals surface area (Å²) in [4.78, 5) is 33.5. The van der Waals surface area contributed by atoms with Crippen molar-refractivity contribution in [1.82, 2.24) is 0 Å². The Bertz CT molecular complexity index is 1270. The van der Waals surface area contributed by atoms with Crippen LogP contribution in [0.1, 0.15) is 38.7 Å². The zero-order valence-electron chi connectivity index (χ0n) is 20.6. The average Bonchev–Trinajstić information content (AvgIpc) is 2.92. The van der Waals surface area contributed by atoms with Gasteiger partial charge in [-0.3, -0.25) is 30.4 Å². The third-order valence-electron chi connectivity index (χ3n) is 6.01. The number of hydrazone groups is 1. The highest BCUT2D eigenvalue weighted by molar-refractivity contribution is 6.03. The minimum absolute atomic E-state index is 0.0302. The van der Waals surface area contributed by atoms with Crippen LogP contribution in [0.4, 0.5) is 17.1 Å². The number of non-ortho nitro benzene ring substituents is 1. The maximum absolute atomic E-state index is 12.4. The van der Waals surface area contributed by atoms with E-state index in [-0.39, 0.29) is 30.6 Å². The second-order valence-corrected chi connectivity index (χ2v) is 8.38. The summed E-state index contributed by atoms with van der Waals surface area (Å²) in [5, 5.41) is 26.8. The largest absolute Gasteiger partial charge is 0.459 e. The van der Waals surface area contributed by atoms with Crippen molar-refractivity contribution in [3.8, 4) is 11.1 Å². The summed E-state index contributed by atoms with van der Waals surface area (Å²) in [6.45, 7) is 3.88. The molecular formula is C27H28N4O6. The van der Waals surface area contributed by atoms with Crippen LogP contribution in [0.3, 0.4) is 0 Å². The zero-order valence-corrected chi connectivity index (χ0v) is 20.6. The van der Waals surface area contributed by atoms with E-state index in [1.54, 1.807) is 0 Å². The molecule has 0 aromatic heterocycles. The first-order valence-corrected chi connectivity index (χ1v) is 11.9. The monoisotopic (exact) mass is 504 g/mol. The predicted molar refractivity (Wildman–Crippen MR) is 141 cm³/mol. The van der Waals surface area contributed by atoms with Crippen molar-refractivity contribution in [2.75, 3.05) is 12.0 Å². The van der Waals surface area contributed by atoms with E-state index in [2.05, 4.69) is 10.5 Å². The number of hydrogen-bond donors (Lipinski definition) is 1. The molecule has 0 spiro atoms. The van der Waals surface area contributed by atoms with Gasteiger partial charge in [0.25, 0.3) is 5.69 Å². The summed E-state index contributed by atoms with van der Waals surface area (Å²) < 4.78 is 5.49. The third kappa shape index (κ3) is 7.44. The highest BCUT2D eigenvalue weighted by Crippen LogP contribution is 2.29. The van der Waals surface area contributed by atoms with Crippen molar-refractivity contribution in [3.63, 3.8) is 0 Å². The Morgan fingerprint density at radius 2 is 1.57 bits per heavy atom. The normalized spacial score (nSPS) is 11.3. The molecule has 192 valence electrons. The molecule has 1 N–H and O–H groups in total. The number of hydrogen-bond acceptors (Lipinski definition) is 8. The maximum Gasteiger partial charge on any atom is 0.306 e. The molecule has 3 aromatic carbocycles. The standard InChI is InChI=1S/C27H28N4O6/c1-3-19(4-2)16-27(32)37-18-25(22-12-10-21(11-13-22)20-8-6-5-7-9-20)29-28-24-15-14-23(30(33)34)17-26(24)31(35)36/h5-15,17,19,28H,3-4,16,18H2,1-2H3/b29-25+. The second-order valence-electron chi connectivity index (χ2n) is 8.38. The quantitative estimate of drug-likeness (QED) is 0.131. The molecule has 0 bridgehead atoms. The van der Waals surface area contributed by atoms with Gasteiger partial charge in [0, 0.05) is 18.1 Å². The van der Waals surface area contributed by atoms with Gasteiger partial charge in [0.2, 0.25) is 0 Å². The van der Waals surface area contributed by atoms with Gasteiger partial charge in [0.1, 0.15) is 18.0 Å². The van der Waals surface area contributed by atoms with Crippen LogP contribution < -0.4 is 5.43 Å². The zero-order chi connectivity index (χ0) is 26.8. The van der Waals surface area contributed by atoms with Crippen molar-refractivity contribution in [1.29, 1.82) is 0 Å². The summed E-state index contributed by atoms with van der Waals surface area (Å²) in [5.74, 6) is -0.137. The van der Waals surface area contributed by atoms with E-state index in [0.717, 1.165) is 36.1 Å². The first-order chi connectivity index (χ1) is 17.8. The molecule has 0 atom stereocenters. The number of anilines is 1. The van der Waals surface area contributed by atoms with Crippen LogP contribution in [0.2, 0.25) is 0 Å². The number of ether oxygens (including phenoxy) is 1. The number of rotatable bonds is 12. The van der Waals surface area contributed by atoms with Gasteiger partial charge in [-0.15, -0.1) is 0 Å². The van der Waals surface area contributed by atoms with Crippen LogP contribution in [-0.2, 0) is 9.53 Å². The van der Waals surface area contributed by atoms with Crippen LogP contribution >= 0.6 is 0 Å². The topological polar surface area (TPSA) is 137 Å². The highest BCUT2D eigenvalue weighted by Gasteiger charge is 2.20. The molecule has 0 unspecified atom stereocenters. The number of nitro groups is 2. The van der Waals surface area contributed by atoms with Gasteiger partial charge in [-0.1, -0.05) is 81.3 Å². The number of benzene rings is 3. The molecule has 0 saturated heterocycles. The van der Waals surface area contributed by atoms with E-state index >= 15 is 0 Å². The lowest BCUT2D eigenvalue weighted by atomic mass is 10.00. The fourth-order valence-corrected chi connectivity index (χ4v) is 3.69. The van der Waals surface area contributed by atoms with E-state index in [4.69, 9.17) is 4.74 Å². The van der Waals surface area contributed by atoms with Crippen LogP contribution in [0.5, 0.6) is 0 Å². The number of esters is 1. The smallest absolute Gasteiger partial charge is 0.306 e. The fraction of sp³-hybridized carbons (Fsp3) is 0.259. The van der Waals surface area contributed by atoms with Crippen LogP contribution in [-0.4, -0.2) is 28.1 Å². The van der Waals surface area contributed by atoms with Gasteiger partial charge >= 0.3 is 11.7 Å². The summed E-state index contributed by atoms with van der Waals surface area (Å²) >= 11 is 0. The highest BCUT2D eigenvalue weighted by atomic mass is 16.6. The average molecular weight is 505 g/mol. The van der Waals surface area contributed by atoms with Crippen LogP contribution in [0, 0.1) is 26.1 Å². The molecule has 0 radical (unpaired) electrons. The SMILES string of the molecule is CCC(CC)CC(=O)OC/C(=N\Nc1ccc([N+](=O)[O-])cc1[N+](=O)[O-])c1ccc(-c2ccccc2)cc1. The molecule has 0 heterocycles. The Kier molecular flexibility index (Phi) is 9.42. The van der Waals surface area contributed by atoms with Crippen molar-refractivity contribution in [2.24, 2.45) is 11.0 Å². The molecule has 3 aromatic rings. The van der Waals surface area contributed by atoms with Gasteiger partial charge in [0.05, 0.1) is 15.9 Å². The van der Waals surface area contributed by atoms with E-state index in [1.165, 1.54) is 6.07 Å². The van der Waals surface area contributed by atoms with E-state index in [0.29, 0.717) is 11.3 Å². The minimum Gasteiger partial charge on any atom is -0.459 e. The molecule has 0 saturated carbocycles. The van der Waals surface area contributed by atoms with Gasteiger partial charge in [0.15, 0.2) is 0 Å². The Morgan fingerprint density at radius 3 is 2.16 bits per heavy atom. The van der Waals surface area contributed by atoms with E-state index in [9.17, 15) is 25.0 Å². The number of carbonyl (C=O) groups is 1. The summed E-state index contributed by atoms with van der Waals surface area (Å²) in [5.41, 5.74) is 4.68. The molecule has 0 aliphatic carbocycles. The first-order valence-electron chi connectivity index (χ1n) is 11.9. The third-order valence-corrected chi connectivity index (χ3v) is 6.01. The fourth-order valence-electron chi connectivity index (χ4n) is 3.69. The molecule has 0 aliphatic rings. The summed E-state index contributed by atoms with van der Waals surface area (Å²) in [6.07, 6.45) is 2.01. The van der Waals surface area contributed by atoms with Crippen molar-refractivity contribution in [3.05, 3.63) is 98.6 Å².